The predicted molar refractivity (Wildman–Crippen MR) is 74.1 cm³/mol. The average Bonchev–Trinajstić information content (AvgIpc) is 2.31. The van der Waals surface area contributed by atoms with E-state index >= 15 is 0 Å². The molecule has 0 N–H and O–H groups in total. The van der Waals surface area contributed by atoms with E-state index in [-0.39, 0.29) is 5.97 Å². The largest absolute Gasteiger partial charge is 0.465 e. The molecule has 0 aliphatic carbocycles. The van der Waals surface area contributed by atoms with Crippen LogP contribution in [0.25, 0.3) is 0 Å². The van der Waals surface area contributed by atoms with Crippen LogP contribution in [0.1, 0.15) is 24.2 Å². The van der Waals surface area contributed by atoms with Crippen LogP contribution in [0.5, 0.6) is 0 Å². The summed E-state index contributed by atoms with van der Waals surface area (Å²) in [5.41, 5.74) is 1.76. The van der Waals surface area contributed by atoms with E-state index in [0.29, 0.717) is 5.56 Å². The first-order valence-corrected chi connectivity index (χ1v) is 6.34. The molecule has 0 aliphatic heterocycles. The normalized spacial score (nSPS) is 10.0. The minimum absolute atomic E-state index is 0.288. The molecular weight excluding hydrogens is 317 g/mol. The van der Waals surface area contributed by atoms with E-state index in [1.54, 1.807) is 0 Å². The Hall–Kier alpha value is -0.780. The Bertz CT molecular complexity index is 375. The van der Waals surface area contributed by atoms with Gasteiger partial charge in [-0.3, -0.25) is 0 Å². The quantitative estimate of drug-likeness (QED) is 0.627. The number of anilines is 1. The molecule has 0 aliphatic rings. The van der Waals surface area contributed by atoms with Gasteiger partial charge in [-0.05, 0) is 54.6 Å². The Labute approximate surface area is 110 Å². The first kappa shape index (κ1) is 13.3. The highest BCUT2D eigenvalue weighted by Gasteiger charge is 2.11. The fourth-order valence-corrected chi connectivity index (χ4v) is 2.43. The third-order valence-electron chi connectivity index (χ3n) is 2.47. The molecule has 1 aromatic carbocycles. The second-order valence-electron chi connectivity index (χ2n) is 3.33. The van der Waals surface area contributed by atoms with Crippen molar-refractivity contribution in [2.45, 2.75) is 13.8 Å². The molecule has 0 radical (unpaired) electrons. The second kappa shape index (κ2) is 6.08. The SMILES string of the molecule is CCN(CC)c1ccc(C(=O)OC)cc1I. The number of halogens is 1. The summed E-state index contributed by atoms with van der Waals surface area (Å²) < 4.78 is 5.76. The lowest BCUT2D eigenvalue weighted by Crippen LogP contribution is -2.22. The molecule has 0 saturated carbocycles. The van der Waals surface area contributed by atoms with Gasteiger partial charge in [-0.2, -0.15) is 0 Å². The Morgan fingerprint density at radius 3 is 2.44 bits per heavy atom. The van der Waals surface area contributed by atoms with Crippen molar-refractivity contribution in [1.82, 2.24) is 0 Å². The van der Waals surface area contributed by atoms with Gasteiger partial charge in [0.2, 0.25) is 0 Å². The molecule has 0 spiro atoms. The summed E-state index contributed by atoms with van der Waals surface area (Å²) in [4.78, 5) is 13.6. The van der Waals surface area contributed by atoms with Crippen LogP contribution in [0.4, 0.5) is 5.69 Å². The number of rotatable bonds is 4. The van der Waals surface area contributed by atoms with Gasteiger partial charge in [0.1, 0.15) is 0 Å². The summed E-state index contributed by atoms with van der Waals surface area (Å²) in [5.74, 6) is -0.288. The van der Waals surface area contributed by atoms with Gasteiger partial charge in [0, 0.05) is 16.7 Å². The summed E-state index contributed by atoms with van der Waals surface area (Å²) in [5, 5.41) is 0. The Morgan fingerprint density at radius 1 is 1.38 bits per heavy atom. The number of benzene rings is 1. The van der Waals surface area contributed by atoms with Crippen LogP contribution < -0.4 is 4.90 Å². The second-order valence-corrected chi connectivity index (χ2v) is 4.49. The zero-order chi connectivity index (χ0) is 12.1. The van der Waals surface area contributed by atoms with Gasteiger partial charge >= 0.3 is 5.97 Å². The molecule has 0 fully saturated rings. The van der Waals surface area contributed by atoms with Crippen LogP contribution in [0, 0.1) is 3.57 Å². The fraction of sp³-hybridized carbons (Fsp3) is 0.417. The molecule has 1 aromatic rings. The highest BCUT2D eigenvalue weighted by Crippen LogP contribution is 2.23. The average molecular weight is 333 g/mol. The van der Waals surface area contributed by atoms with Crippen molar-refractivity contribution >= 4 is 34.2 Å². The maximum Gasteiger partial charge on any atom is 0.337 e. The maximum atomic E-state index is 11.3. The van der Waals surface area contributed by atoms with E-state index in [1.165, 1.54) is 12.8 Å². The van der Waals surface area contributed by atoms with Gasteiger partial charge in [0.15, 0.2) is 0 Å². The maximum absolute atomic E-state index is 11.3. The van der Waals surface area contributed by atoms with Crippen LogP contribution in [0.2, 0.25) is 0 Å². The molecule has 0 atom stereocenters. The highest BCUT2D eigenvalue weighted by molar-refractivity contribution is 14.1. The van der Waals surface area contributed by atoms with Crippen LogP contribution in [0.3, 0.4) is 0 Å². The first-order chi connectivity index (χ1) is 7.63. The monoisotopic (exact) mass is 333 g/mol. The first-order valence-electron chi connectivity index (χ1n) is 5.26. The van der Waals surface area contributed by atoms with Gasteiger partial charge in [0.25, 0.3) is 0 Å². The minimum atomic E-state index is -0.288. The van der Waals surface area contributed by atoms with Crippen LogP contribution in [-0.4, -0.2) is 26.2 Å². The third-order valence-corrected chi connectivity index (χ3v) is 3.34. The number of nitrogens with zero attached hydrogens (tertiary/aromatic N) is 1. The summed E-state index contributed by atoms with van der Waals surface area (Å²) in [6.07, 6.45) is 0. The molecule has 3 nitrogen and oxygen atoms in total. The lowest BCUT2D eigenvalue weighted by molar-refractivity contribution is 0.0600. The van der Waals surface area contributed by atoms with E-state index < -0.39 is 0 Å². The molecule has 16 heavy (non-hydrogen) atoms. The molecule has 0 unspecified atom stereocenters. The minimum Gasteiger partial charge on any atom is -0.465 e. The van der Waals surface area contributed by atoms with Gasteiger partial charge in [-0.15, -0.1) is 0 Å². The molecule has 1 rings (SSSR count). The number of carbonyl (C=O) groups is 1. The molecule has 0 bridgehead atoms. The van der Waals surface area contributed by atoms with E-state index in [0.717, 1.165) is 16.7 Å². The summed E-state index contributed by atoms with van der Waals surface area (Å²) in [6, 6.07) is 5.64. The lowest BCUT2D eigenvalue weighted by Gasteiger charge is -2.22. The van der Waals surface area contributed by atoms with Crippen molar-refractivity contribution in [1.29, 1.82) is 0 Å². The van der Waals surface area contributed by atoms with E-state index in [1.807, 2.05) is 18.2 Å². The van der Waals surface area contributed by atoms with Crippen LogP contribution in [0.15, 0.2) is 18.2 Å². The van der Waals surface area contributed by atoms with Crippen LogP contribution >= 0.6 is 22.6 Å². The Balaban J connectivity index is 3.04. The van der Waals surface area contributed by atoms with Gasteiger partial charge in [0.05, 0.1) is 18.4 Å². The standard InChI is InChI=1S/C12H16INO2/c1-4-14(5-2)11-7-6-9(8-10(11)13)12(15)16-3/h6-8H,4-5H2,1-3H3. The zero-order valence-electron chi connectivity index (χ0n) is 9.79. The molecule has 4 heteroatoms. The smallest absolute Gasteiger partial charge is 0.337 e. The zero-order valence-corrected chi connectivity index (χ0v) is 11.9. The third kappa shape index (κ3) is 2.87. The number of esters is 1. The molecule has 88 valence electrons. The molecule has 0 saturated heterocycles. The van der Waals surface area contributed by atoms with E-state index in [2.05, 4.69) is 46.1 Å². The summed E-state index contributed by atoms with van der Waals surface area (Å²) >= 11 is 2.25. The number of hydrogen-bond acceptors (Lipinski definition) is 3. The van der Waals surface area contributed by atoms with Gasteiger partial charge < -0.3 is 9.64 Å². The van der Waals surface area contributed by atoms with Crippen molar-refractivity contribution in [3.8, 4) is 0 Å². The molecular formula is C12H16INO2. The van der Waals surface area contributed by atoms with Crippen molar-refractivity contribution < 1.29 is 9.53 Å². The highest BCUT2D eigenvalue weighted by atomic mass is 127. The van der Waals surface area contributed by atoms with E-state index in [9.17, 15) is 4.79 Å². The summed E-state index contributed by atoms with van der Waals surface area (Å²) in [7, 11) is 1.40. The topological polar surface area (TPSA) is 29.5 Å². The summed E-state index contributed by atoms with van der Waals surface area (Å²) in [6.45, 7) is 6.16. The molecule has 0 amide bonds. The number of ether oxygens (including phenoxy) is 1. The number of hydrogen-bond donors (Lipinski definition) is 0. The molecule has 0 heterocycles. The Morgan fingerprint density at radius 2 is 2.00 bits per heavy atom. The van der Waals surface area contributed by atoms with Crippen molar-refractivity contribution in [2.24, 2.45) is 0 Å². The van der Waals surface area contributed by atoms with E-state index in [4.69, 9.17) is 0 Å². The van der Waals surface area contributed by atoms with Crippen molar-refractivity contribution in [3.63, 3.8) is 0 Å². The van der Waals surface area contributed by atoms with Crippen LogP contribution in [-0.2, 0) is 4.74 Å². The lowest BCUT2D eigenvalue weighted by atomic mass is 10.2. The molecule has 0 aromatic heterocycles. The van der Waals surface area contributed by atoms with Crippen molar-refractivity contribution in [2.75, 3.05) is 25.1 Å². The number of carbonyl (C=O) groups excluding carboxylic acids is 1. The predicted octanol–water partition coefficient (Wildman–Crippen LogP) is 2.92. The van der Waals surface area contributed by atoms with Gasteiger partial charge in [-0.25, -0.2) is 4.79 Å². The fourth-order valence-electron chi connectivity index (χ4n) is 1.57. The van der Waals surface area contributed by atoms with Gasteiger partial charge in [-0.1, -0.05) is 0 Å². The number of methoxy groups -OCH3 is 1. The Kier molecular flexibility index (Phi) is 5.05. The van der Waals surface area contributed by atoms with Crippen molar-refractivity contribution in [3.05, 3.63) is 27.3 Å².